The molecule has 1 aliphatic heterocycles. The first kappa shape index (κ1) is 27.8. The second-order valence-corrected chi connectivity index (χ2v) is 12.6. The Morgan fingerprint density at radius 1 is 1.11 bits per heavy atom. The Hall–Kier alpha value is -2.18. The molecule has 6 heteroatoms. The second-order valence-electron chi connectivity index (χ2n) is 10.1. The highest BCUT2D eigenvalue weighted by atomic mass is 32.2. The van der Waals surface area contributed by atoms with E-state index in [-0.39, 0.29) is 11.8 Å². The third-order valence-electron chi connectivity index (χ3n) is 7.12. The minimum Gasteiger partial charge on any atom is -0.352 e. The molecule has 1 saturated carbocycles. The first-order valence-electron chi connectivity index (χ1n) is 13.8. The summed E-state index contributed by atoms with van der Waals surface area (Å²) >= 11 is 3.72. The molecule has 4 rings (SSSR count). The van der Waals surface area contributed by atoms with E-state index in [0.29, 0.717) is 29.9 Å². The summed E-state index contributed by atoms with van der Waals surface area (Å²) in [6.07, 6.45) is 10.2. The first-order chi connectivity index (χ1) is 18.0. The zero-order valence-corrected chi connectivity index (χ0v) is 23.8. The summed E-state index contributed by atoms with van der Waals surface area (Å²) in [5, 5.41) is 3.48. The van der Waals surface area contributed by atoms with Gasteiger partial charge >= 0.3 is 0 Å². The van der Waals surface area contributed by atoms with E-state index in [1.807, 2.05) is 42.1 Å². The number of rotatable bonds is 11. The van der Waals surface area contributed by atoms with Crippen LogP contribution < -0.4 is 5.32 Å². The first-order valence-corrected chi connectivity index (χ1v) is 15.8. The van der Waals surface area contributed by atoms with Crippen molar-refractivity contribution in [3.05, 3.63) is 75.7 Å². The molecule has 198 valence electrons. The van der Waals surface area contributed by atoms with E-state index in [4.69, 9.17) is 0 Å². The minimum atomic E-state index is -0.0322. The maximum absolute atomic E-state index is 13.6. The standard InChI is InChI=1S/C31H40N2O2S2/c1-3-4-18-36-19-8-17-32-30(34)26-15-13-24(14-16-26)21-29-31(35)33(22-25-10-7-9-23(2)20-25)27-11-5-6-12-28(27)37-29/h7,9-10,13-16,20-21,27-28H,3-6,8,11-12,17-19,22H2,1-2H3,(H,32,34)/b29-21+. The summed E-state index contributed by atoms with van der Waals surface area (Å²) in [5.41, 5.74) is 4.04. The molecule has 2 fully saturated rings. The molecule has 2 atom stereocenters. The number of hydrogen-bond acceptors (Lipinski definition) is 4. The van der Waals surface area contributed by atoms with Crippen molar-refractivity contribution in [2.24, 2.45) is 0 Å². The average Bonchev–Trinajstić information content (AvgIpc) is 2.91. The molecule has 0 bridgehead atoms. The molecule has 0 aromatic heterocycles. The maximum Gasteiger partial charge on any atom is 0.260 e. The lowest BCUT2D eigenvalue weighted by Gasteiger charge is -2.44. The number of unbranched alkanes of at least 4 members (excludes halogenated alkanes) is 1. The topological polar surface area (TPSA) is 49.4 Å². The highest BCUT2D eigenvalue weighted by Crippen LogP contribution is 2.42. The number of amides is 2. The lowest BCUT2D eigenvalue weighted by atomic mass is 9.92. The number of fused-ring (bicyclic) bond motifs is 1. The number of hydrogen-bond donors (Lipinski definition) is 1. The van der Waals surface area contributed by atoms with Crippen molar-refractivity contribution >= 4 is 41.4 Å². The van der Waals surface area contributed by atoms with Crippen molar-refractivity contribution in [1.82, 2.24) is 10.2 Å². The van der Waals surface area contributed by atoms with Gasteiger partial charge in [0.15, 0.2) is 0 Å². The molecule has 1 heterocycles. The Morgan fingerprint density at radius 3 is 2.68 bits per heavy atom. The van der Waals surface area contributed by atoms with Gasteiger partial charge in [-0.15, -0.1) is 11.8 Å². The fourth-order valence-electron chi connectivity index (χ4n) is 5.08. The molecule has 1 saturated heterocycles. The Bertz CT molecular complexity index is 1080. The summed E-state index contributed by atoms with van der Waals surface area (Å²) in [4.78, 5) is 29.1. The SMILES string of the molecule is CCCCSCCCNC(=O)c1ccc(/C=C2/SC3CCCCC3N(Cc3cccc(C)c3)C2=O)cc1. The van der Waals surface area contributed by atoms with Gasteiger partial charge in [0, 0.05) is 29.9 Å². The number of thioether (sulfide) groups is 2. The Morgan fingerprint density at radius 2 is 1.89 bits per heavy atom. The molecule has 4 nitrogen and oxygen atoms in total. The van der Waals surface area contributed by atoms with Gasteiger partial charge in [0.25, 0.3) is 11.8 Å². The van der Waals surface area contributed by atoms with Gasteiger partial charge in [0.1, 0.15) is 0 Å². The van der Waals surface area contributed by atoms with Crippen molar-refractivity contribution in [2.75, 3.05) is 18.1 Å². The van der Waals surface area contributed by atoms with Gasteiger partial charge in [0.2, 0.25) is 0 Å². The average molecular weight is 537 g/mol. The van der Waals surface area contributed by atoms with Crippen LogP contribution in [-0.2, 0) is 11.3 Å². The van der Waals surface area contributed by atoms with Crippen LogP contribution in [0.1, 0.15) is 78.9 Å². The summed E-state index contributed by atoms with van der Waals surface area (Å²) in [7, 11) is 0. The van der Waals surface area contributed by atoms with Gasteiger partial charge in [-0.05, 0) is 73.4 Å². The van der Waals surface area contributed by atoms with Gasteiger partial charge in [-0.25, -0.2) is 0 Å². The summed E-state index contributed by atoms with van der Waals surface area (Å²) in [5.74, 6) is 2.39. The summed E-state index contributed by atoms with van der Waals surface area (Å²) in [6, 6.07) is 16.4. The number of nitrogens with one attached hydrogen (secondary N) is 1. The number of carbonyl (C=O) groups excluding carboxylic acids is 2. The third-order valence-corrected chi connectivity index (χ3v) is 9.67. The van der Waals surface area contributed by atoms with Crippen LogP contribution >= 0.6 is 23.5 Å². The molecule has 2 aromatic carbocycles. The molecular weight excluding hydrogens is 496 g/mol. The van der Waals surface area contributed by atoms with Crippen LogP contribution in [0.2, 0.25) is 0 Å². The molecule has 0 spiro atoms. The highest BCUT2D eigenvalue weighted by Gasteiger charge is 2.40. The lowest BCUT2D eigenvalue weighted by Crippen LogP contribution is -2.50. The summed E-state index contributed by atoms with van der Waals surface area (Å²) < 4.78 is 0. The van der Waals surface area contributed by atoms with Crippen LogP contribution in [0.5, 0.6) is 0 Å². The number of carbonyl (C=O) groups is 2. The van der Waals surface area contributed by atoms with Crippen molar-refractivity contribution in [1.29, 1.82) is 0 Å². The third kappa shape index (κ3) is 7.90. The molecule has 1 aliphatic carbocycles. The van der Waals surface area contributed by atoms with Gasteiger partial charge in [-0.2, -0.15) is 11.8 Å². The van der Waals surface area contributed by atoms with Crippen molar-refractivity contribution in [2.45, 2.75) is 76.6 Å². The quantitative estimate of drug-likeness (QED) is 0.246. The van der Waals surface area contributed by atoms with E-state index in [1.54, 1.807) is 11.8 Å². The van der Waals surface area contributed by atoms with Gasteiger partial charge in [-0.3, -0.25) is 9.59 Å². The van der Waals surface area contributed by atoms with Gasteiger partial charge in [-0.1, -0.05) is 68.1 Å². The van der Waals surface area contributed by atoms with Crippen LogP contribution in [0.4, 0.5) is 0 Å². The van der Waals surface area contributed by atoms with Crippen LogP contribution in [0.25, 0.3) is 6.08 Å². The maximum atomic E-state index is 13.6. The second kappa shape index (κ2) is 14.1. The predicted octanol–water partition coefficient (Wildman–Crippen LogP) is 7.08. The molecular formula is C31H40N2O2S2. The predicted molar refractivity (Wildman–Crippen MR) is 159 cm³/mol. The number of aryl methyl sites for hydroxylation is 1. The molecule has 0 radical (unpaired) electrons. The van der Waals surface area contributed by atoms with Gasteiger partial charge in [0.05, 0.1) is 4.91 Å². The normalized spacial score (nSPS) is 20.6. The van der Waals surface area contributed by atoms with Crippen LogP contribution in [0.3, 0.4) is 0 Å². The molecule has 2 unspecified atom stereocenters. The Labute approximate surface area is 231 Å². The van der Waals surface area contributed by atoms with Crippen LogP contribution in [-0.4, -0.2) is 46.1 Å². The smallest absolute Gasteiger partial charge is 0.260 e. The monoisotopic (exact) mass is 536 g/mol. The van der Waals surface area contributed by atoms with E-state index < -0.39 is 0 Å². The number of nitrogens with zero attached hydrogens (tertiary/aromatic N) is 1. The molecule has 2 amide bonds. The Balaban J connectivity index is 1.39. The lowest BCUT2D eigenvalue weighted by molar-refractivity contribution is -0.130. The number of benzene rings is 2. The van der Waals surface area contributed by atoms with E-state index in [0.717, 1.165) is 35.5 Å². The fraction of sp³-hybridized carbons (Fsp3) is 0.484. The van der Waals surface area contributed by atoms with E-state index in [1.165, 1.54) is 42.6 Å². The molecule has 1 N–H and O–H groups in total. The van der Waals surface area contributed by atoms with E-state index in [2.05, 4.69) is 48.3 Å². The van der Waals surface area contributed by atoms with E-state index >= 15 is 0 Å². The zero-order valence-electron chi connectivity index (χ0n) is 22.2. The van der Waals surface area contributed by atoms with E-state index in [9.17, 15) is 9.59 Å². The zero-order chi connectivity index (χ0) is 26.0. The van der Waals surface area contributed by atoms with Crippen molar-refractivity contribution in [3.8, 4) is 0 Å². The van der Waals surface area contributed by atoms with Crippen LogP contribution in [0.15, 0.2) is 53.4 Å². The van der Waals surface area contributed by atoms with Gasteiger partial charge < -0.3 is 10.2 Å². The van der Waals surface area contributed by atoms with Crippen molar-refractivity contribution in [3.63, 3.8) is 0 Å². The Kier molecular flexibility index (Phi) is 10.6. The largest absolute Gasteiger partial charge is 0.352 e. The minimum absolute atomic E-state index is 0.0322. The molecule has 2 aromatic rings. The van der Waals surface area contributed by atoms with Crippen molar-refractivity contribution < 1.29 is 9.59 Å². The molecule has 37 heavy (non-hydrogen) atoms. The summed E-state index contributed by atoms with van der Waals surface area (Å²) in [6.45, 7) is 5.68. The fourth-order valence-corrected chi connectivity index (χ4v) is 7.60. The highest BCUT2D eigenvalue weighted by molar-refractivity contribution is 8.04. The van der Waals surface area contributed by atoms with Crippen LogP contribution in [0, 0.1) is 6.92 Å². The molecule has 2 aliphatic rings.